The fraction of sp³-hybridized carbons (Fsp3) is 0.316. The highest BCUT2D eigenvalue weighted by Gasteiger charge is 2.13. The second-order valence-electron chi connectivity index (χ2n) is 5.96. The van der Waals surface area contributed by atoms with Crippen LogP contribution in [0, 0.1) is 5.82 Å². The van der Waals surface area contributed by atoms with Gasteiger partial charge in [0.05, 0.1) is 11.5 Å². The smallest absolute Gasteiger partial charge is 0.240 e. The second kappa shape index (κ2) is 11.1. The molecular weight excluding hydrogens is 451 g/mol. The quantitative estimate of drug-likeness (QED) is 0.491. The van der Waals surface area contributed by atoms with E-state index < -0.39 is 10.0 Å². The summed E-state index contributed by atoms with van der Waals surface area (Å²) < 4.78 is 45.6. The number of halogens is 2. The number of hydrogen-bond donors (Lipinski definition) is 2. The van der Waals surface area contributed by atoms with Gasteiger partial charge in [-0.2, -0.15) is 0 Å². The molecule has 2 rings (SSSR count). The van der Waals surface area contributed by atoms with Crippen LogP contribution < -0.4 is 14.8 Å². The van der Waals surface area contributed by atoms with Gasteiger partial charge < -0.3 is 10.1 Å². The minimum absolute atomic E-state index is 0.0257. The van der Waals surface area contributed by atoms with E-state index in [-0.39, 0.29) is 29.6 Å². The number of amides is 1. The van der Waals surface area contributed by atoms with Crippen molar-refractivity contribution in [2.75, 3.05) is 19.7 Å². The first kappa shape index (κ1) is 22.3. The molecule has 0 aromatic heterocycles. The third-order valence-corrected chi connectivity index (χ3v) is 5.75. The Balaban J connectivity index is 1.56. The number of hydrogen-bond acceptors (Lipinski definition) is 4. The number of sulfonamides is 1. The maximum Gasteiger partial charge on any atom is 0.240 e. The fourth-order valence-corrected chi connectivity index (χ4v) is 3.56. The van der Waals surface area contributed by atoms with Gasteiger partial charge in [0.15, 0.2) is 0 Å². The molecule has 1 amide bonds. The molecule has 0 saturated heterocycles. The van der Waals surface area contributed by atoms with Gasteiger partial charge in [-0.15, -0.1) is 0 Å². The number of benzene rings is 2. The van der Waals surface area contributed by atoms with Gasteiger partial charge >= 0.3 is 0 Å². The van der Waals surface area contributed by atoms with Crippen LogP contribution >= 0.6 is 15.9 Å². The van der Waals surface area contributed by atoms with E-state index in [0.717, 1.165) is 17.3 Å². The Morgan fingerprint density at radius 1 is 1.00 bits per heavy atom. The molecule has 0 aliphatic heterocycles. The molecule has 0 aliphatic carbocycles. The van der Waals surface area contributed by atoms with Crippen LogP contribution in [0.15, 0.2) is 57.9 Å². The summed E-state index contributed by atoms with van der Waals surface area (Å²) in [5, 5.41) is 2.74. The number of unbranched alkanes of at least 4 members (excludes halogenated alkanes) is 1. The number of nitrogens with one attached hydrogen (secondary N) is 2. The highest BCUT2D eigenvalue weighted by atomic mass is 79.9. The molecule has 0 saturated carbocycles. The summed E-state index contributed by atoms with van der Waals surface area (Å²) in [7, 11) is -3.63. The van der Waals surface area contributed by atoms with Crippen molar-refractivity contribution in [1.29, 1.82) is 0 Å². The zero-order valence-electron chi connectivity index (χ0n) is 15.2. The molecule has 28 heavy (non-hydrogen) atoms. The van der Waals surface area contributed by atoms with Crippen LogP contribution in [-0.4, -0.2) is 34.0 Å². The number of rotatable bonds is 11. The number of ether oxygens (including phenoxy) is 1. The average Bonchev–Trinajstić information content (AvgIpc) is 2.66. The molecule has 2 N–H and O–H groups in total. The first-order valence-corrected chi connectivity index (χ1v) is 11.0. The van der Waals surface area contributed by atoms with Crippen molar-refractivity contribution in [2.24, 2.45) is 0 Å². The molecule has 0 bridgehead atoms. The summed E-state index contributed by atoms with van der Waals surface area (Å²) >= 11 is 3.25. The van der Waals surface area contributed by atoms with Crippen LogP contribution in [0.3, 0.4) is 0 Å². The third kappa shape index (κ3) is 7.95. The molecule has 0 fully saturated rings. The molecule has 0 spiro atoms. The Bertz CT molecular complexity index is 859. The lowest BCUT2D eigenvalue weighted by atomic mass is 10.3. The second-order valence-corrected chi connectivity index (χ2v) is 8.64. The predicted octanol–water partition coefficient (Wildman–Crippen LogP) is 3.23. The lowest BCUT2D eigenvalue weighted by molar-refractivity contribution is -0.120. The van der Waals surface area contributed by atoms with Gasteiger partial charge in [0, 0.05) is 24.0 Å². The van der Waals surface area contributed by atoms with Crippen molar-refractivity contribution in [3.05, 3.63) is 58.8 Å². The zero-order valence-corrected chi connectivity index (χ0v) is 17.6. The lowest BCUT2D eigenvalue weighted by Gasteiger charge is -2.08. The van der Waals surface area contributed by atoms with E-state index in [4.69, 9.17) is 4.74 Å². The summed E-state index contributed by atoms with van der Waals surface area (Å²) in [6, 6.07) is 12.0. The van der Waals surface area contributed by atoms with Gasteiger partial charge in [0.2, 0.25) is 15.9 Å². The zero-order chi connectivity index (χ0) is 20.4. The fourth-order valence-electron chi connectivity index (χ4n) is 2.26. The minimum Gasteiger partial charge on any atom is -0.494 e. The molecule has 9 heteroatoms. The highest BCUT2D eigenvalue weighted by Crippen LogP contribution is 2.14. The van der Waals surface area contributed by atoms with Crippen LogP contribution in [0.5, 0.6) is 5.75 Å². The topological polar surface area (TPSA) is 84.5 Å². The largest absolute Gasteiger partial charge is 0.494 e. The van der Waals surface area contributed by atoms with E-state index in [0.29, 0.717) is 18.9 Å². The van der Waals surface area contributed by atoms with Crippen LogP contribution in [0.1, 0.15) is 19.3 Å². The third-order valence-electron chi connectivity index (χ3n) is 3.74. The summed E-state index contributed by atoms with van der Waals surface area (Å²) in [5.41, 5.74) is 0. The Labute approximate surface area is 172 Å². The molecule has 0 heterocycles. The lowest BCUT2D eigenvalue weighted by Crippen LogP contribution is -2.31. The molecule has 2 aromatic rings. The van der Waals surface area contributed by atoms with E-state index in [2.05, 4.69) is 26.0 Å². The van der Waals surface area contributed by atoms with Crippen LogP contribution in [0.25, 0.3) is 0 Å². The van der Waals surface area contributed by atoms with E-state index in [9.17, 15) is 17.6 Å². The Kier molecular flexibility index (Phi) is 8.88. The number of carbonyl (C=O) groups is 1. The Hall–Kier alpha value is -1.97. The van der Waals surface area contributed by atoms with E-state index >= 15 is 0 Å². The maximum atomic E-state index is 12.8. The Morgan fingerprint density at radius 3 is 2.36 bits per heavy atom. The molecular formula is C19H22BrFN2O4S. The van der Waals surface area contributed by atoms with Crippen molar-refractivity contribution >= 4 is 31.9 Å². The molecule has 0 aliphatic rings. The first-order chi connectivity index (χ1) is 13.4. The molecule has 2 aromatic carbocycles. The van der Waals surface area contributed by atoms with Gasteiger partial charge in [-0.25, -0.2) is 17.5 Å². The molecule has 152 valence electrons. The van der Waals surface area contributed by atoms with Crippen LogP contribution in [0.2, 0.25) is 0 Å². The van der Waals surface area contributed by atoms with Gasteiger partial charge in [-0.1, -0.05) is 15.9 Å². The predicted molar refractivity (Wildman–Crippen MR) is 108 cm³/mol. The van der Waals surface area contributed by atoms with E-state index in [1.54, 1.807) is 24.3 Å². The number of carbonyl (C=O) groups excluding carboxylic acids is 1. The van der Waals surface area contributed by atoms with E-state index in [1.807, 2.05) is 0 Å². The van der Waals surface area contributed by atoms with Gasteiger partial charge in [-0.05, 0) is 61.4 Å². The SMILES string of the molecule is O=C(CCNS(=O)(=O)c1ccc(Br)cc1)NCCCCOc1ccc(F)cc1. The summed E-state index contributed by atoms with van der Waals surface area (Å²) in [4.78, 5) is 11.9. The van der Waals surface area contributed by atoms with Crippen molar-refractivity contribution < 1.29 is 22.3 Å². The van der Waals surface area contributed by atoms with Crippen LogP contribution in [0.4, 0.5) is 4.39 Å². The van der Waals surface area contributed by atoms with Crippen molar-refractivity contribution in [1.82, 2.24) is 10.0 Å². The van der Waals surface area contributed by atoms with E-state index in [1.165, 1.54) is 24.3 Å². The molecule has 0 radical (unpaired) electrons. The molecule has 0 atom stereocenters. The van der Waals surface area contributed by atoms with Crippen LogP contribution in [-0.2, 0) is 14.8 Å². The normalized spacial score (nSPS) is 11.2. The highest BCUT2D eigenvalue weighted by molar-refractivity contribution is 9.10. The van der Waals surface area contributed by atoms with Gasteiger partial charge in [0.1, 0.15) is 11.6 Å². The first-order valence-electron chi connectivity index (χ1n) is 8.77. The standard InChI is InChI=1S/C19H22BrFN2O4S/c20-15-3-9-18(10-4-15)28(25,26)23-13-11-19(24)22-12-1-2-14-27-17-7-5-16(21)6-8-17/h3-10,23H,1-2,11-14H2,(H,22,24). The average molecular weight is 473 g/mol. The molecule has 0 unspecified atom stereocenters. The molecule has 6 nitrogen and oxygen atoms in total. The van der Waals surface area contributed by atoms with Gasteiger partial charge in [0.25, 0.3) is 0 Å². The van der Waals surface area contributed by atoms with Crippen molar-refractivity contribution in [2.45, 2.75) is 24.2 Å². The Morgan fingerprint density at radius 2 is 1.68 bits per heavy atom. The summed E-state index contributed by atoms with van der Waals surface area (Å²) in [5.74, 6) is 0.0654. The summed E-state index contributed by atoms with van der Waals surface area (Å²) in [6.07, 6.45) is 1.51. The van der Waals surface area contributed by atoms with Crippen molar-refractivity contribution in [3.63, 3.8) is 0 Å². The van der Waals surface area contributed by atoms with Gasteiger partial charge in [-0.3, -0.25) is 4.79 Å². The summed E-state index contributed by atoms with van der Waals surface area (Å²) in [6.45, 7) is 0.970. The maximum absolute atomic E-state index is 12.8. The monoisotopic (exact) mass is 472 g/mol. The van der Waals surface area contributed by atoms with Crippen molar-refractivity contribution in [3.8, 4) is 5.75 Å². The minimum atomic E-state index is -3.63.